The Morgan fingerprint density at radius 3 is 1.62 bits per heavy atom. The van der Waals surface area contributed by atoms with Crippen molar-refractivity contribution in [3.8, 4) is 0 Å². The highest BCUT2D eigenvalue weighted by Crippen LogP contribution is 2.17. The molecule has 0 atom stereocenters. The van der Waals surface area contributed by atoms with Gasteiger partial charge in [0.15, 0.2) is 0 Å². The first-order valence-electron chi connectivity index (χ1n) is 6.15. The van der Waals surface area contributed by atoms with Crippen molar-refractivity contribution in [2.24, 2.45) is 0 Å². The van der Waals surface area contributed by atoms with Gasteiger partial charge in [0.1, 0.15) is 54.9 Å². The first-order valence-corrected chi connectivity index (χ1v) is 6.15. The monoisotopic (exact) mass is 253 g/mol. The van der Waals surface area contributed by atoms with Crippen LogP contribution in [-0.4, -0.2) is 62.0 Å². The molecular formula is C13H6B7N. The fraction of sp³-hybridized carbons (Fsp3) is 0.0769. The van der Waals surface area contributed by atoms with Crippen LogP contribution in [0.25, 0.3) is 0 Å². The van der Waals surface area contributed by atoms with Gasteiger partial charge in [-0.25, -0.2) is 0 Å². The van der Waals surface area contributed by atoms with E-state index in [2.05, 4.69) is 0 Å². The molecule has 0 heterocycles. The van der Waals surface area contributed by atoms with Gasteiger partial charge < -0.3 is 4.90 Å². The molecule has 0 aliphatic rings. The topological polar surface area (TPSA) is 3.24 Å². The maximum Gasteiger partial charge on any atom is 0.115 e. The van der Waals surface area contributed by atoms with Gasteiger partial charge in [0.25, 0.3) is 0 Å². The molecule has 14 radical (unpaired) electrons. The van der Waals surface area contributed by atoms with Gasteiger partial charge in [-0.1, -0.05) is 5.46 Å². The third kappa shape index (κ3) is 2.86. The molecule has 0 amide bonds. The van der Waals surface area contributed by atoms with Crippen LogP contribution in [0, 0.1) is 0 Å². The molecule has 2 rings (SSSR count). The number of rotatable bonds is 2. The van der Waals surface area contributed by atoms with Gasteiger partial charge in [-0.3, -0.25) is 0 Å². The Bertz CT molecular complexity index is 691. The molecule has 0 saturated heterocycles. The Morgan fingerprint density at radius 2 is 1.10 bits per heavy atom. The minimum atomic E-state index is 0.244. The van der Waals surface area contributed by atoms with E-state index in [0.29, 0.717) is 38.7 Å². The molecule has 0 unspecified atom stereocenters. The summed E-state index contributed by atoms with van der Waals surface area (Å²) < 4.78 is 0. The maximum atomic E-state index is 6.01. The molecule has 0 aliphatic carbocycles. The van der Waals surface area contributed by atoms with Crippen molar-refractivity contribution in [1.29, 1.82) is 0 Å². The fourth-order valence-electron chi connectivity index (χ4n) is 2.03. The molecule has 0 spiro atoms. The number of hydrogen-bond donors (Lipinski definition) is 0. The summed E-state index contributed by atoms with van der Waals surface area (Å²) >= 11 is 0. The fourth-order valence-corrected chi connectivity index (χ4v) is 2.03. The van der Waals surface area contributed by atoms with Crippen LogP contribution in [0.15, 0.2) is 18.2 Å². The van der Waals surface area contributed by atoms with Crippen LogP contribution < -0.4 is 43.1 Å². The van der Waals surface area contributed by atoms with E-state index in [-0.39, 0.29) is 10.9 Å². The second kappa shape index (κ2) is 5.83. The number of nitrogens with zero attached hydrogens (tertiary/aromatic N) is 1. The Balaban J connectivity index is 2.58. The Hall–Kier alpha value is -1.31. The molecule has 84 valence electrons. The summed E-state index contributed by atoms with van der Waals surface area (Å²) in [6.07, 6.45) is 0. The molecule has 2 aromatic carbocycles. The molecule has 0 N–H and O–H groups in total. The summed E-state index contributed by atoms with van der Waals surface area (Å²) in [6, 6.07) is 5.02. The zero-order valence-corrected chi connectivity index (χ0v) is 11.7. The second-order valence-electron chi connectivity index (χ2n) is 4.82. The summed E-state index contributed by atoms with van der Waals surface area (Å²) in [6.45, 7) is 0. The summed E-state index contributed by atoms with van der Waals surface area (Å²) in [5.74, 6) is 0. The third-order valence-electron chi connectivity index (χ3n) is 3.44. The first kappa shape index (κ1) is 16.1. The van der Waals surface area contributed by atoms with E-state index in [4.69, 9.17) is 54.9 Å². The lowest BCUT2D eigenvalue weighted by molar-refractivity contribution is 1.23. The quantitative estimate of drug-likeness (QED) is 0.484. The van der Waals surface area contributed by atoms with Crippen molar-refractivity contribution in [3.05, 3.63) is 18.2 Å². The first-order chi connectivity index (χ1) is 9.73. The van der Waals surface area contributed by atoms with Gasteiger partial charge in [-0.2, -0.15) is 0 Å². The lowest BCUT2D eigenvalue weighted by atomic mass is 9.66. The van der Waals surface area contributed by atoms with Crippen LogP contribution >= 0.6 is 0 Å². The summed E-state index contributed by atoms with van der Waals surface area (Å²) in [7, 11) is 42.6. The van der Waals surface area contributed by atoms with Gasteiger partial charge in [-0.05, 0) is 18.2 Å². The van der Waals surface area contributed by atoms with Crippen molar-refractivity contribution < 1.29 is 0 Å². The lowest BCUT2D eigenvalue weighted by Gasteiger charge is -2.27. The van der Waals surface area contributed by atoms with E-state index < -0.39 is 0 Å². The predicted molar refractivity (Wildman–Crippen MR) is 98.7 cm³/mol. The SMILES string of the molecule is [B]c1cc(N(C)c2cc([B])c([B])c([B])c2[B])cc([B])c1[B]. The standard InChI is InChI=1S/C13H6B7N/c1-21(5-2-6(14)10(17)7(15)3-5)9-4-8(16)11(18)13(20)12(9)19/h2-4H,1H3. The van der Waals surface area contributed by atoms with Crippen molar-refractivity contribution >= 4 is 105 Å². The van der Waals surface area contributed by atoms with Gasteiger partial charge >= 0.3 is 0 Å². The molecule has 0 aromatic heterocycles. The second-order valence-corrected chi connectivity index (χ2v) is 4.82. The van der Waals surface area contributed by atoms with E-state index >= 15 is 0 Å². The lowest BCUT2D eigenvalue weighted by Crippen LogP contribution is -2.49. The molecule has 1 nitrogen and oxygen atoms in total. The number of benzene rings is 2. The molecule has 0 fully saturated rings. The molecule has 0 saturated carbocycles. The average molecular weight is 252 g/mol. The summed E-state index contributed by atoms with van der Waals surface area (Å²) in [5, 5.41) is 0. The summed E-state index contributed by atoms with van der Waals surface area (Å²) in [5.41, 5.74) is 3.60. The van der Waals surface area contributed by atoms with Crippen molar-refractivity contribution in [2.75, 3.05) is 11.9 Å². The Labute approximate surface area is 135 Å². The van der Waals surface area contributed by atoms with Crippen molar-refractivity contribution in [2.45, 2.75) is 0 Å². The van der Waals surface area contributed by atoms with E-state index in [1.165, 1.54) is 0 Å². The maximum absolute atomic E-state index is 6.01. The predicted octanol–water partition coefficient (Wildman–Crippen LogP) is -4.99. The molecule has 2 aromatic rings. The van der Waals surface area contributed by atoms with Gasteiger partial charge in [0.05, 0.1) is 0 Å². The smallest absolute Gasteiger partial charge is 0.115 e. The minimum absolute atomic E-state index is 0.244. The van der Waals surface area contributed by atoms with Crippen LogP contribution in [0.2, 0.25) is 0 Å². The zero-order chi connectivity index (χ0) is 15.9. The molecule has 0 bridgehead atoms. The minimum Gasteiger partial charge on any atom is -0.345 e. The largest absolute Gasteiger partial charge is 0.345 e. The highest BCUT2D eigenvalue weighted by molar-refractivity contribution is 6.63. The highest BCUT2D eigenvalue weighted by Gasteiger charge is 2.12. The van der Waals surface area contributed by atoms with E-state index in [1.807, 2.05) is 0 Å². The Kier molecular flexibility index (Phi) is 4.46. The highest BCUT2D eigenvalue weighted by atomic mass is 15.1. The third-order valence-corrected chi connectivity index (χ3v) is 3.44. The van der Waals surface area contributed by atoms with Crippen LogP contribution in [0.3, 0.4) is 0 Å². The average Bonchev–Trinajstić information content (AvgIpc) is 2.45. The van der Waals surface area contributed by atoms with Crippen LogP contribution in [-0.2, 0) is 0 Å². The van der Waals surface area contributed by atoms with Crippen LogP contribution in [0.1, 0.15) is 0 Å². The van der Waals surface area contributed by atoms with E-state index in [0.717, 1.165) is 0 Å². The van der Waals surface area contributed by atoms with Gasteiger partial charge in [-0.15, -0.1) is 32.8 Å². The zero-order valence-electron chi connectivity index (χ0n) is 11.7. The number of hydrogen-bond acceptors (Lipinski definition) is 1. The number of anilines is 2. The molecular weight excluding hydrogens is 246 g/mol. The van der Waals surface area contributed by atoms with Crippen molar-refractivity contribution in [3.63, 3.8) is 0 Å². The van der Waals surface area contributed by atoms with Crippen LogP contribution in [0.5, 0.6) is 0 Å². The van der Waals surface area contributed by atoms with Gasteiger partial charge in [0.2, 0.25) is 0 Å². The molecule has 21 heavy (non-hydrogen) atoms. The Morgan fingerprint density at radius 1 is 0.619 bits per heavy atom. The van der Waals surface area contributed by atoms with Gasteiger partial charge in [0, 0.05) is 18.4 Å². The van der Waals surface area contributed by atoms with E-state index in [1.54, 1.807) is 30.1 Å². The van der Waals surface area contributed by atoms with Crippen LogP contribution in [0.4, 0.5) is 11.4 Å². The normalized spacial score (nSPS) is 10.5. The summed E-state index contributed by atoms with van der Waals surface area (Å²) in [4.78, 5) is 1.76. The van der Waals surface area contributed by atoms with Crippen molar-refractivity contribution in [1.82, 2.24) is 0 Å². The molecule has 8 heteroatoms. The van der Waals surface area contributed by atoms with E-state index in [9.17, 15) is 0 Å². The molecule has 0 aliphatic heterocycles.